The maximum Gasteiger partial charge on any atom is 0.237 e. The third-order valence-corrected chi connectivity index (χ3v) is 4.83. The highest BCUT2D eigenvalue weighted by atomic mass is 32.2. The molecular formula is C13H22N4O3S. The van der Waals surface area contributed by atoms with Gasteiger partial charge >= 0.3 is 0 Å². The molecule has 3 unspecified atom stereocenters. The number of imidazole rings is 1. The summed E-state index contributed by atoms with van der Waals surface area (Å²) < 4.78 is 24.2. The fraction of sp³-hybridized carbons (Fsp3) is 0.692. The summed E-state index contributed by atoms with van der Waals surface area (Å²) in [4.78, 5) is 16.1. The van der Waals surface area contributed by atoms with Crippen LogP contribution in [-0.4, -0.2) is 48.0 Å². The Labute approximate surface area is 124 Å². The molecular weight excluding hydrogens is 292 g/mol. The molecule has 1 fully saturated rings. The van der Waals surface area contributed by atoms with Crippen molar-refractivity contribution >= 4 is 15.7 Å². The zero-order chi connectivity index (χ0) is 15.5. The van der Waals surface area contributed by atoms with Gasteiger partial charge < -0.3 is 15.6 Å². The smallest absolute Gasteiger partial charge is 0.237 e. The van der Waals surface area contributed by atoms with Crippen LogP contribution in [0.2, 0.25) is 0 Å². The number of nitrogens with one attached hydrogen (secondary N) is 1. The van der Waals surface area contributed by atoms with E-state index in [4.69, 9.17) is 5.73 Å². The van der Waals surface area contributed by atoms with Crippen molar-refractivity contribution in [2.45, 2.75) is 43.8 Å². The molecule has 1 heterocycles. The van der Waals surface area contributed by atoms with E-state index in [1.165, 1.54) is 0 Å². The van der Waals surface area contributed by atoms with Crippen LogP contribution < -0.4 is 11.1 Å². The predicted octanol–water partition coefficient (Wildman–Crippen LogP) is -0.145. The molecule has 0 saturated heterocycles. The van der Waals surface area contributed by atoms with Gasteiger partial charge in [0.15, 0.2) is 0 Å². The van der Waals surface area contributed by atoms with Crippen LogP contribution >= 0.6 is 0 Å². The van der Waals surface area contributed by atoms with Gasteiger partial charge in [-0.2, -0.15) is 0 Å². The Kier molecular flexibility index (Phi) is 5.00. The zero-order valence-corrected chi connectivity index (χ0v) is 12.9. The summed E-state index contributed by atoms with van der Waals surface area (Å²) in [5.74, 6) is -0.354. The molecule has 1 saturated carbocycles. The minimum absolute atomic E-state index is 0.0241. The van der Waals surface area contributed by atoms with Crippen LogP contribution in [0.3, 0.4) is 0 Å². The molecule has 2 rings (SSSR count). The Hall–Kier alpha value is -1.41. The van der Waals surface area contributed by atoms with Crippen LogP contribution in [0.25, 0.3) is 0 Å². The van der Waals surface area contributed by atoms with Gasteiger partial charge in [0.1, 0.15) is 9.84 Å². The first-order chi connectivity index (χ1) is 9.87. The zero-order valence-electron chi connectivity index (χ0n) is 12.1. The van der Waals surface area contributed by atoms with Crippen molar-refractivity contribution < 1.29 is 13.2 Å². The number of amides is 1. The molecule has 3 atom stereocenters. The molecule has 1 aliphatic carbocycles. The van der Waals surface area contributed by atoms with Crippen LogP contribution in [0.5, 0.6) is 0 Å². The van der Waals surface area contributed by atoms with Crippen molar-refractivity contribution in [1.29, 1.82) is 0 Å². The normalized spacial score (nSPS) is 23.9. The van der Waals surface area contributed by atoms with E-state index in [0.29, 0.717) is 0 Å². The third-order valence-electron chi connectivity index (χ3n) is 3.85. The van der Waals surface area contributed by atoms with E-state index in [2.05, 4.69) is 10.3 Å². The molecule has 3 N–H and O–H groups in total. The lowest BCUT2D eigenvalue weighted by Crippen LogP contribution is -2.47. The highest BCUT2D eigenvalue weighted by Crippen LogP contribution is 2.29. The molecule has 0 spiro atoms. The Morgan fingerprint density at radius 3 is 2.90 bits per heavy atom. The molecule has 0 aliphatic heterocycles. The van der Waals surface area contributed by atoms with E-state index in [1.807, 2.05) is 10.8 Å². The van der Waals surface area contributed by atoms with Crippen LogP contribution in [0, 0.1) is 0 Å². The first-order valence-corrected chi connectivity index (χ1v) is 9.14. The second-order valence-electron chi connectivity index (χ2n) is 5.65. The lowest BCUT2D eigenvalue weighted by atomic mass is 10.1. The maximum atomic E-state index is 12.1. The van der Waals surface area contributed by atoms with Gasteiger partial charge in [-0.3, -0.25) is 4.79 Å². The number of hydrogen-bond donors (Lipinski definition) is 2. The van der Waals surface area contributed by atoms with E-state index in [9.17, 15) is 13.2 Å². The first kappa shape index (κ1) is 16.0. The van der Waals surface area contributed by atoms with Crippen molar-refractivity contribution in [3.05, 3.63) is 18.7 Å². The van der Waals surface area contributed by atoms with E-state index in [1.54, 1.807) is 12.5 Å². The van der Waals surface area contributed by atoms with E-state index < -0.39 is 15.9 Å². The van der Waals surface area contributed by atoms with Crippen LogP contribution in [-0.2, 0) is 14.6 Å². The second kappa shape index (κ2) is 6.57. The van der Waals surface area contributed by atoms with E-state index in [0.717, 1.165) is 25.5 Å². The molecule has 1 aromatic rings. The van der Waals surface area contributed by atoms with Crippen LogP contribution in [0.15, 0.2) is 18.7 Å². The van der Waals surface area contributed by atoms with Crippen LogP contribution in [0.4, 0.5) is 0 Å². The van der Waals surface area contributed by atoms with Gasteiger partial charge in [0.2, 0.25) is 5.91 Å². The number of aromatic nitrogens is 2. The number of nitrogens with two attached hydrogens (primary N) is 1. The summed E-state index contributed by atoms with van der Waals surface area (Å²) in [7, 11) is -3.10. The molecule has 8 heteroatoms. The quantitative estimate of drug-likeness (QED) is 0.759. The third kappa shape index (κ3) is 4.53. The molecule has 1 aromatic heterocycles. The monoisotopic (exact) mass is 314 g/mol. The summed E-state index contributed by atoms with van der Waals surface area (Å²) in [5.41, 5.74) is 5.77. The fourth-order valence-corrected chi connectivity index (χ4v) is 3.38. The molecule has 7 nitrogen and oxygen atoms in total. The van der Waals surface area contributed by atoms with Gasteiger partial charge in [0.05, 0.1) is 24.2 Å². The Balaban J connectivity index is 1.89. The largest absolute Gasteiger partial charge is 0.350 e. The second-order valence-corrected chi connectivity index (χ2v) is 7.91. The van der Waals surface area contributed by atoms with Gasteiger partial charge in [-0.25, -0.2) is 13.4 Å². The number of carbonyl (C=O) groups excluding carboxylic acids is 1. The Morgan fingerprint density at radius 2 is 2.29 bits per heavy atom. The summed E-state index contributed by atoms with van der Waals surface area (Å²) in [5, 5.41) is 2.95. The molecule has 0 aromatic carbocycles. The van der Waals surface area contributed by atoms with Crippen molar-refractivity contribution in [1.82, 2.24) is 14.9 Å². The van der Waals surface area contributed by atoms with Crippen molar-refractivity contribution in [2.24, 2.45) is 5.73 Å². The Bertz CT molecular complexity index is 570. The molecule has 0 radical (unpaired) electrons. The SMILES string of the molecule is CS(=O)(=O)CCC(N)C(=O)NC1CCCC1n1ccnc1. The van der Waals surface area contributed by atoms with Gasteiger partial charge in [0.25, 0.3) is 0 Å². The summed E-state index contributed by atoms with van der Waals surface area (Å²) in [6.07, 6.45) is 9.56. The maximum absolute atomic E-state index is 12.1. The van der Waals surface area contributed by atoms with E-state index in [-0.39, 0.29) is 30.2 Å². The number of sulfone groups is 1. The van der Waals surface area contributed by atoms with Gasteiger partial charge in [0, 0.05) is 24.7 Å². The van der Waals surface area contributed by atoms with E-state index >= 15 is 0 Å². The molecule has 0 bridgehead atoms. The minimum Gasteiger partial charge on any atom is -0.350 e. The number of carbonyl (C=O) groups is 1. The van der Waals surface area contributed by atoms with Gasteiger partial charge in [-0.15, -0.1) is 0 Å². The highest BCUT2D eigenvalue weighted by Gasteiger charge is 2.30. The Morgan fingerprint density at radius 1 is 1.52 bits per heavy atom. The van der Waals surface area contributed by atoms with Crippen molar-refractivity contribution in [3.8, 4) is 0 Å². The average molecular weight is 314 g/mol. The molecule has 118 valence electrons. The highest BCUT2D eigenvalue weighted by molar-refractivity contribution is 7.90. The number of nitrogens with zero attached hydrogens (tertiary/aromatic N) is 2. The van der Waals surface area contributed by atoms with Gasteiger partial charge in [-0.1, -0.05) is 0 Å². The molecule has 21 heavy (non-hydrogen) atoms. The molecule has 1 aliphatic rings. The fourth-order valence-electron chi connectivity index (χ4n) is 2.69. The topological polar surface area (TPSA) is 107 Å². The lowest BCUT2D eigenvalue weighted by molar-refractivity contribution is -0.123. The summed E-state index contributed by atoms with van der Waals surface area (Å²) >= 11 is 0. The summed E-state index contributed by atoms with van der Waals surface area (Å²) in [6, 6.07) is -0.571. The first-order valence-electron chi connectivity index (χ1n) is 7.08. The van der Waals surface area contributed by atoms with Crippen molar-refractivity contribution in [3.63, 3.8) is 0 Å². The molecule has 1 amide bonds. The number of rotatable bonds is 6. The summed E-state index contributed by atoms with van der Waals surface area (Å²) in [6.45, 7) is 0. The standard InChI is InChI=1S/C13H22N4O3S/c1-21(19,20)8-5-10(14)13(18)16-11-3-2-4-12(11)17-7-6-15-9-17/h6-7,9-12H,2-5,8,14H2,1H3,(H,16,18). The minimum atomic E-state index is -3.10. The predicted molar refractivity (Wildman–Crippen MR) is 79.3 cm³/mol. The number of hydrogen-bond acceptors (Lipinski definition) is 5. The lowest BCUT2D eigenvalue weighted by Gasteiger charge is -2.23. The van der Waals surface area contributed by atoms with Crippen LogP contribution in [0.1, 0.15) is 31.7 Å². The van der Waals surface area contributed by atoms with Crippen molar-refractivity contribution in [2.75, 3.05) is 12.0 Å². The van der Waals surface area contributed by atoms with Gasteiger partial charge in [-0.05, 0) is 25.7 Å². The average Bonchev–Trinajstić information content (AvgIpc) is 3.04.